The Labute approximate surface area is 121 Å². The van der Waals surface area contributed by atoms with Crippen molar-refractivity contribution in [3.05, 3.63) is 30.0 Å². The summed E-state index contributed by atoms with van der Waals surface area (Å²) in [6.45, 7) is 2.70. The summed E-state index contributed by atoms with van der Waals surface area (Å²) in [5.74, 6) is 2.88. The topological polar surface area (TPSA) is 81.0 Å². The van der Waals surface area contributed by atoms with E-state index in [1.807, 2.05) is 36.0 Å². The summed E-state index contributed by atoms with van der Waals surface area (Å²) in [6, 6.07) is 7.48. The van der Waals surface area contributed by atoms with Gasteiger partial charge in [-0.25, -0.2) is 0 Å². The second-order valence-corrected chi connectivity index (χ2v) is 5.53. The van der Waals surface area contributed by atoms with Crippen molar-refractivity contribution in [1.29, 1.82) is 0 Å². The Bertz CT molecular complexity index is 595. The molecule has 1 heterocycles. The molecule has 20 heavy (non-hydrogen) atoms. The number of furan rings is 1. The summed E-state index contributed by atoms with van der Waals surface area (Å²) >= 11 is 1.87. The first kappa shape index (κ1) is 14.6. The predicted octanol–water partition coefficient (Wildman–Crippen LogP) is 3.05. The minimum Gasteiger partial charge on any atom is -0.489 e. The molecule has 6 heteroatoms. The van der Waals surface area contributed by atoms with E-state index in [0.717, 1.165) is 23.3 Å². The number of rotatable bonds is 7. The van der Waals surface area contributed by atoms with Crippen molar-refractivity contribution >= 4 is 28.6 Å². The fraction of sp³-hybridized carbons (Fsp3) is 0.357. The maximum Gasteiger partial charge on any atom is 0.215 e. The average molecular weight is 294 g/mol. The van der Waals surface area contributed by atoms with Gasteiger partial charge in [-0.3, -0.25) is 0 Å². The summed E-state index contributed by atoms with van der Waals surface area (Å²) in [6.07, 6.45) is 0.938. The van der Waals surface area contributed by atoms with Crippen LogP contribution in [0.2, 0.25) is 0 Å². The molecule has 2 aromatic rings. The standard InChI is InChI=1S/C14H18N2O3S/c1-2-20-9-5-8-18-12-10-6-3-4-7-11(10)19-13(12)14(15)16-17/h3-4,6-7,17H,2,5,8-9H2,1H3,(H2,15,16). The monoisotopic (exact) mass is 294 g/mol. The lowest BCUT2D eigenvalue weighted by Gasteiger charge is -2.05. The number of para-hydroxylation sites is 1. The lowest BCUT2D eigenvalue weighted by molar-refractivity contribution is 0.308. The highest BCUT2D eigenvalue weighted by Gasteiger charge is 2.18. The van der Waals surface area contributed by atoms with Gasteiger partial charge < -0.3 is 20.1 Å². The minimum absolute atomic E-state index is 0.0841. The highest BCUT2D eigenvalue weighted by Crippen LogP contribution is 2.33. The van der Waals surface area contributed by atoms with E-state index in [2.05, 4.69) is 12.1 Å². The zero-order chi connectivity index (χ0) is 14.4. The number of ether oxygens (including phenoxy) is 1. The Kier molecular flexibility index (Phi) is 5.17. The van der Waals surface area contributed by atoms with Crippen LogP contribution in [0.1, 0.15) is 19.1 Å². The summed E-state index contributed by atoms with van der Waals surface area (Å²) in [5.41, 5.74) is 6.29. The first-order valence-corrected chi connectivity index (χ1v) is 7.63. The SMILES string of the molecule is CCSCCCOc1c(/C(N)=N/O)oc2ccccc12. The quantitative estimate of drug-likeness (QED) is 0.270. The first-order chi connectivity index (χ1) is 9.77. The van der Waals surface area contributed by atoms with Gasteiger partial charge in [0.05, 0.1) is 12.0 Å². The third-order valence-corrected chi connectivity index (χ3v) is 3.76. The van der Waals surface area contributed by atoms with Crippen molar-refractivity contribution in [3.63, 3.8) is 0 Å². The third kappa shape index (κ3) is 3.19. The summed E-state index contributed by atoms with van der Waals surface area (Å²) < 4.78 is 11.4. The summed E-state index contributed by atoms with van der Waals surface area (Å²) in [5, 5.41) is 12.6. The zero-order valence-corrected chi connectivity index (χ0v) is 12.2. The van der Waals surface area contributed by atoms with Crippen LogP contribution in [-0.4, -0.2) is 29.2 Å². The number of benzene rings is 1. The molecule has 0 aliphatic carbocycles. The van der Waals surface area contributed by atoms with Crippen molar-refractivity contribution in [2.75, 3.05) is 18.1 Å². The van der Waals surface area contributed by atoms with E-state index in [4.69, 9.17) is 20.1 Å². The number of hydrogen-bond acceptors (Lipinski definition) is 5. The fourth-order valence-corrected chi connectivity index (χ4v) is 2.47. The van der Waals surface area contributed by atoms with Crippen LogP contribution >= 0.6 is 11.8 Å². The van der Waals surface area contributed by atoms with E-state index in [0.29, 0.717) is 17.9 Å². The number of amidine groups is 1. The Hall–Kier alpha value is -1.82. The minimum atomic E-state index is -0.0841. The largest absolute Gasteiger partial charge is 0.489 e. The molecule has 0 fully saturated rings. The molecule has 0 radical (unpaired) electrons. The van der Waals surface area contributed by atoms with Crippen molar-refractivity contribution in [2.24, 2.45) is 10.9 Å². The van der Waals surface area contributed by atoms with Gasteiger partial charge in [-0.15, -0.1) is 0 Å². The van der Waals surface area contributed by atoms with Gasteiger partial charge in [-0.1, -0.05) is 24.2 Å². The van der Waals surface area contributed by atoms with E-state index in [1.165, 1.54) is 0 Å². The molecule has 1 aromatic carbocycles. The Morgan fingerprint density at radius 1 is 1.45 bits per heavy atom. The third-order valence-electron chi connectivity index (χ3n) is 2.77. The lowest BCUT2D eigenvalue weighted by atomic mass is 10.2. The molecule has 108 valence electrons. The van der Waals surface area contributed by atoms with E-state index in [-0.39, 0.29) is 11.6 Å². The predicted molar refractivity (Wildman–Crippen MR) is 81.8 cm³/mol. The van der Waals surface area contributed by atoms with Crippen LogP contribution in [0.3, 0.4) is 0 Å². The molecule has 1 aromatic heterocycles. The zero-order valence-electron chi connectivity index (χ0n) is 11.3. The smallest absolute Gasteiger partial charge is 0.215 e. The number of nitrogens with zero attached hydrogens (tertiary/aromatic N) is 1. The van der Waals surface area contributed by atoms with Gasteiger partial charge in [0.2, 0.25) is 11.6 Å². The molecule has 0 aliphatic heterocycles. The average Bonchev–Trinajstić information content (AvgIpc) is 2.85. The van der Waals surface area contributed by atoms with E-state index < -0.39 is 0 Å². The maximum atomic E-state index is 8.82. The Morgan fingerprint density at radius 2 is 2.25 bits per heavy atom. The van der Waals surface area contributed by atoms with Gasteiger partial charge in [0.1, 0.15) is 5.58 Å². The van der Waals surface area contributed by atoms with Crippen LogP contribution in [-0.2, 0) is 0 Å². The first-order valence-electron chi connectivity index (χ1n) is 6.48. The molecular formula is C14H18N2O3S. The van der Waals surface area contributed by atoms with Crippen LogP contribution in [0.25, 0.3) is 11.0 Å². The van der Waals surface area contributed by atoms with Gasteiger partial charge in [0.25, 0.3) is 0 Å². The molecule has 0 saturated heterocycles. The molecule has 3 N–H and O–H groups in total. The van der Waals surface area contributed by atoms with Gasteiger partial charge in [-0.2, -0.15) is 11.8 Å². The molecule has 0 aliphatic rings. The van der Waals surface area contributed by atoms with Gasteiger partial charge in [0, 0.05) is 0 Å². The van der Waals surface area contributed by atoms with Crippen LogP contribution in [0.4, 0.5) is 0 Å². The van der Waals surface area contributed by atoms with Crippen molar-refractivity contribution < 1.29 is 14.4 Å². The highest BCUT2D eigenvalue weighted by atomic mass is 32.2. The van der Waals surface area contributed by atoms with Crippen LogP contribution in [0.5, 0.6) is 5.75 Å². The number of hydrogen-bond donors (Lipinski definition) is 2. The summed E-state index contributed by atoms with van der Waals surface area (Å²) in [7, 11) is 0. The van der Waals surface area contributed by atoms with Crippen LogP contribution < -0.4 is 10.5 Å². The molecule has 0 spiro atoms. The van der Waals surface area contributed by atoms with Gasteiger partial charge in [-0.05, 0) is 30.1 Å². The molecule has 0 amide bonds. The normalized spacial score (nSPS) is 11.9. The maximum absolute atomic E-state index is 8.82. The number of thioether (sulfide) groups is 1. The highest BCUT2D eigenvalue weighted by molar-refractivity contribution is 7.99. The number of fused-ring (bicyclic) bond motifs is 1. The Morgan fingerprint density at radius 3 is 3.00 bits per heavy atom. The molecule has 0 unspecified atom stereocenters. The van der Waals surface area contributed by atoms with Crippen molar-refractivity contribution in [2.45, 2.75) is 13.3 Å². The van der Waals surface area contributed by atoms with Crippen LogP contribution in [0, 0.1) is 0 Å². The Balaban J connectivity index is 2.20. The molecule has 5 nitrogen and oxygen atoms in total. The molecule has 0 saturated carbocycles. The van der Waals surface area contributed by atoms with E-state index in [9.17, 15) is 0 Å². The van der Waals surface area contributed by atoms with Crippen molar-refractivity contribution in [3.8, 4) is 5.75 Å². The van der Waals surface area contributed by atoms with Gasteiger partial charge >= 0.3 is 0 Å². The van der Waals surface area contributed by atoms with Gasteiger partial charge in [0.15, 0.2) is 5.75 Å². The van der Waals surface area contributed by atoms with Crippen LogP contribution in [0.15, 0.2) is 33.8 Å². The molecule has 0 atom stereocenters. The van der Waals surface area contributed by atoms with E-state index in [1.54, 1.807) is 0 Å². The number of nitrogens with two attached hydrogens (primary N) is 1. The second-order valence-electron chi connectivity index (χ2n) is 4.14. The summed E-state index contributed by atoms with van der Waals surface area (Å²) in [4.78, 5) is 0. The fourth-order valence-electron chi connectivity index (χ4n) is 1.86. The molecule has 2 rings (SSSR count). The second kappa shape index (κ2) is 7.09. The van der Waals surface area contributed by atoms with Crippen molar-refractivity contribution in [1.82, 2.24) is 0 Å². The molecular weight excluding hydrogens is 276 g/mol. The van der Waals surface area contributed by atoms with E-state index >= 15 is 0 Å². The molecule has 0 bridgehead atoms. The lowest BCUT2D eigenvalue weighted by Crippen LogP contribution is -2.14. The number of oxime groups is 1.